The Hall–Kier alpha value is -1.37. The molecule has 0 radical (unpaired) electrons. The van der Waals surface area contributed by atoms with Gasteiger partial charge in [0.25, 0.3) is 0 Å². The number of carbonyl (C=O) groups excluding carboxylic acids is 1. The van der Waals surface area contributed by atoms with E-state index in [-0.39, 0.29) is 17.6 Å². The van der Waals surface area contributed by atoms with E-state index in [9.17, 15) is 4.79 Å². The van der Waals surface area contributed by atoms with Crippen LogP contribution in [0.2, 0.25) is 0 Å². The summed E-state index contributed by atoms with van der Waals surface area (Å²) < 4.78 is 11.3. The Morgan fingerprint density at radius 1 is 1.39 bits per heavy atom. The van der Waals surface area contributed by atoms with Gasteiger partial charge in [-0.3, -0.25) is 14.6 Å². The van der Waals surface area contributed by atoms with E-state index in [0.29, 0.717) is 6.61 Å². The fourth-order valence-corrected chi connectivity index (χ4v) is 3.83. The number of morpholine rings is 1. The van der Waals surface area contributed by atoms with Crippen molar-refractivity contribution in [1.29, 1.82) is 0 Å². The molecule has 1 aromatic rings. The van der Waals surface area contributed by atoms with Crippen molar-refractivity contribution in [2.75, 3.05) is 39.8 Å². The molecule has 126 valence electrons. The maximum absolute atomic E-state index is 12.1. The average molecular weight is 319 g/mol. The van der Waals surface area contributed by atoms with Crippen molar-refractivity contribution >= 4 is 5.91 Å². The number of furan rings is 1. The Bertz CT molecular complexity index is 549. The Kier molecular flexibility index (Phi) is 3.91. The lowest BCUT2D eigenvalue weighted by molar-refractivity contribution is -0.203. The van der Waals surface area contributed by atoms with Crippen molar-refractivity contribution in [3.05, 3.63) is 24.2 Å². The molecule has 1 amide bonds. The summed E-state index contributed by atoms with van der Waals surface area (Å²) >= 11 is 0. The molecule has 3 aliphatic rings. The van der Waals surface area contributed by atoms with Crippen LogP contribution in [-0.2, 0) is 16.1 Å². The van der Waals surface area contributed by atoms with Gasteiger partial charge in [-0.25, -0.2) is 0 Å². The molecule has 3 heterocycles. The molecule has 6 heteroatoms. The topological polar surface area (TPSA) is 58.0 Å². The lowest BCUT2D eigenvalue weighted by Gasteiger charge is -2.55. The van der Waals surface area contributed by atoms with Gasteiger partial charge in [-0.05, 0) is 24.8 Å². The van der Waals surface area contributed by atoms with Gasteiger partial charge in [0.1, 0.15) is 11.6 Å². The van der Waals surface area contributed by atoms with Gasteiger partial charge < -0.3 is 14.5 Å². The molecule has 1 atom stereocenters. The van der Waals surface area contributed by atoms with Crippen LogP contribution in [0.1, 0.15) is 18.4 Å². The molecule has 2 saturated heterocycles. The number of hydrogen-bond donors (Lipinski definition) is 1. The number of likely N-dealkylation sites (tertiary alicyclic amines) is 1. The summed E-state index contributed by atoms with van der Waals surface area (Å²) in [5, 5.41) is 2.78. The van der Waals surface area contributed by atoms with Gasteiger partial charge in [0, 0.05) is 45.3 Å². The SMILES string of the molecule is CNC(=O)[C@@H]1COC2(CN(Cc3ccoc3)C2)CN1CC1CC1. The van der Waals surface area contributed by atoms with Crippen LogP contribution in [-0.4, -0.2) is 67.2 Å². The predicted octanol–water partition coefficient (Wildman–Crippen LogP) is 0.691. The molecule has 3 fully saturated rings. The lowest BCUT2D eigenvalue weighted by Crippen LogP contribution is -2.72. The zero-order valence-corrected chi connectivity index (χ0v) is 13.7. The van der Waals surface area contributed by atoms with Crippen molar-refractivity contribution in [2.45, 2.75) is 31.0 Å². The van der Waals surface area contributed by atoms with Gasteiger partial charge in [-0.15, -0.1) is 0 Å². The standard InChI is InChI=1S/C17H25N3O3/c1-18-16(21)15-9-23-17(12-20(15)7-13-2-3-13)10-19(11-17)6-14-4-5-22-8-14/h4-5,8,13,15H,2-3,6-7,9-12H2,1H3,(H,18,21)/t15-/m0/s1. The molecule has 0 unspecified atom stereocenters. The van der Waals surface area contributed by atoms with E-state index < -0.39 is 0 Å². The van der Waals surface area contributed by atoms with E-state index in [2.05, 4.69) is 15.1 Å². The minimum atomic E-state index is -0.130. The highest BCUT2D eigenvalue weighted by atomic mass is 16.5. The van der Waals surface area contributed by atoms with Crippen molar-refractivity contribution < 1.29 is 13.9 Å². The van der Waals surface area contributed by atoms with Gasteiger partial charge in [-0.2, -0.15) is 0 Å². The Balaban J connectivity index is 1.36. The van der Waals surface area contributed by atoms with E-state index in [1.807, 2.05) is 6.07 Å². The number of rotatable bonds is 5. The normalized spacial score (nSPS) is 27.8. The first-order valence-corrected chi connectivity index (χ1v) is 8.50. The summed E-state index contributed by atoms with van der Waals surface area (Å²) in [5.41, 5.74) is 1.11. The average Bonchev–Trinajstić information content (AvgIpc) is 3.18. The number of nitrogens with zero attached hydrogens (tertiary/aromatic N) is 2. The van der Waals surface area contributed by atoms with Crippen molar-refractivity contribution in [1.82, 2.24) is 15.1 Å². The molecule has 1 aromatic heterocycles. The summed E-state index contributed by atoms with van der Waals surface area (Å²) in [7, 11) is 1.71. The van der Waals surface area contributed by atoms with Crippen LogP contribution in [0.4, 0.5) is 0 Å². The minimum Gasteiger partial charge on any atom is -0.472 e. The number of amides is 1. The van der Waals surface area contributed by atoms with Crippen LogP contribution in [0.3, 0.4) is 0 Å². The van der Waals surface area contributed by atoms with Crippen LogP contribution >= 0.6 is 0 Å². The van der Waals surface area contributed by atoms with E-state index in [1.165, 1.54) is 18.4 Å². The highest BCUT2D eigenvalue weighted by molar-refractivity contribution is 5.81. The van der Waals surface area contributed by atoms with E-state index in [0.717, 1.165) is 38.6 Å². The quantitative estimate of drug-likeness (QED) is 0.865. The monoisotopic (exact) mass is 319 g/mol. The summed E-state index contributed by atoms with van der Waals surface area (Å²) in [6.07, 6.45) is 6.12. The molecular weight excluding hydrogens is 294 g/mol. The molecule has 1 aliphatic carbocycles. The Morgan fingerprint density at radius 3 is 2.87 bits per heavy atom. The molecule has 6 nitrogen and oxygen atoms in total. The highest BCUT2D eigenvalue weighted by Gasteiger charge is 2.50. The molecule has 0 bridgehead atoms. The first-order chi connectivity index (χ1) is 11.2. The van der Waals surface area contributed by atoms with E-state index in [1.54, 1.807) is 19.6 Å². The second-order valence-electron chi connectivity index (χ2n) is 7.27. The number of likely N-dealkylation sites (N-methyl/N-ethyl adjacent to an activating group) is 1. The highest BCUT2D eigenvalue weighted by Crippen LogP contribution is 2.36. The third-order valence-corrected chi connectivity index (χ3v) is 5.23. The van der Waals surface area contributed by atoms with Crippen LogP contribution < -0.4 is 5.32 Å². The summed E-state index contributed by atoms with van der Waals surface area (Å²) in [6, 6.07) is 1.88. The first-order valence-electron chi connectivity index (χ1n) is 8.50. The fourth-order valence-electron chi connectivity index (χ4n) is 3.83. The van der Waals surface area contributed by atoms with Crippen LogP contribution in [0.5, 0.6) is 0 Å². The zero-order chi connectivity index (χ0) is 15.9. The molecule has 4 rings (SSSR count). The Morgan fingerprint density at radius 2 is 2.22 bits per heavy atom. The van der Waals surface area contributed by atoms with Gasteiger partial charge in [-0.1, -0.05) is 0 Å². The number of ether oxygens (including phenoxy) is 1. The molecule has 1 N–H and O–H groups in total. The molecule has 1 saturated carbocycles. The number of hydrogen-bond acceptors (Lipinski definition) is 5. The molecular formula is C17H25N3O3. The zero-order valence-electron chi connectivity index (χ0n) is 13.7. The summed E-state index contributed by atoms with van der Waals surface area (Å²) in [4.78, 5) is 16.9. The minimum absolute atomic E-state index is 0.0788. The third kappa shape index (κ3) is 3.16. The van der Waals surface area contributed by atoms with Gasteiger partial charge in [0.05, 0.1) is 19.1 Å². The maximum atomic E-state index is 12.1. The Labute approximate surface area is 136 Å². The summed E-state index contributed by atoms with van der Waals surface area (Å²) in [5.74, 6) is 0.856. The van der Waals surface area contributed by atoms with Crippen molar-refractivity contribution in [3.8, 4) is 0 Å². The third-order valence-electron chi connectivity index (χ3n) is 5.23. The molecule has 23 heavy (non-hydrogen) atoms. The van der Waals surface area contributed by atoms with Gasteiger partial charge >= 0.3 is 0 Å². The number of carbonyl (C=O) groups is 1. The first kappa shape index (κ1) is 15.2. The van der Waals surface area contributed by atoms with E-state index in [4.69, 9.17) is 9.15 Å². The van der Waals surface area contributed by atoms with Gasteiger partial charge in [0.2, 0.25) is 5.91 Å². The summed E-state index contributed by atoms with van der Waals surface area (Å²) in [6.45, 7) is 5.17. The van der Waals surface area contributed by atoms with Gasteiger partial charge in [0.15, 0.2) is 0 Å². The fraction of sp³-hybridized carbons (Fsp3) is 0.706. The molecule has 0 aromatic carbocycles. The second-order valence-corrected chi connectivity index (χ2v) is 7.27. The maximum Gasteiger partial charge on any atom is 0.239 e. The number of nitrogens with one attached hydrogen (secondary N) is 1. The van der Waals surface area contributed by atoms with Crippen LogP contribution in [0.15, 0.2) is 23.0 Å². The largest absolute Gasteiger partial charge is 0.472 e. The van der Waals surface area contributed by atoms with E-state index >= 15 is 0 Å². The molecule has 2 aliphatic heterocycles. The molecule has 1 spiro atoms. The van der Waals surface area contributed by atoms with Crippen molar-refractivity contribution in [2.24, 2.45) is 5.92 Å². The van der Waals surface area contributed by atoms with Crippen LogP contribution in [0, 0.1) is 5.92 Å². The predicted molar refractivity (Wildman–Crippen MR) is 84.8 cm³/mol. The van der Waals surface area contributed by atoms with Crippen molar-refractivity contribution in [3.63, 3.8) is 0 Å². The smallest absolute Gasteiger partial charge is 0.239 e. The second kappa shape index (κ2) is 5.92. The van der Waals surface area contributed by atoms with Crippen LogP contribution in [0.25, 0.3) is 0 Å². The lowest BCUT2D eigenvalue weighted by atomic mass is 9.90.